The van der Waals surface area contributed by atoms with Crippen molar-refractivity contribution in [2.24, 2.45) is 0 Å². The van der Waals surface area contributed by atoms with Gasteiger partial charge in [0.2, 0.25) is 0 Å². The van der Waals surface area contributed by atoms with E-state index in [0.717, 1.165) is 18.2 Å². The zero-order valence-electron chi connectivity index (χ0n) is 14.9. The first-order valence-electron chi connectivity index (χ1n) is 8.72. The molecule has 0 amide bonds. The molecule has 29 heavy (non-hydrogen) atoms. The van der Waals surface area contributed by atoms with Crippen LogP contribution in [0.15, 0.2) is 60.8 Å². The molecule has 4 rings (SSSR count). The molecule has 0 aliphatic heterocycles. The molecule has 0 atom stereocenters. The number of halogens is 5. The Kier molecular flexibility index (Phi) is 4.77. The van der Waals surface area contributed by atoms with Crippen LogP contribution in [0, 0.1) is 11.6 Å². The number of hydrogen-bond donors (Lipinski definition) is 0. The van der Waals surface area contributed by atoms with Crippen molar-refractivity contribution < 1.29 is 22.0 Å². The van der Waals surface area contributed by atoms with Crippen LogP contribution in [0.25, 0.3) is 10.9 Å². The topological polar surface area (TPSA) is 30.7 Å². The van der Waals surface area contributed by atoms with E-state index in [4.69, 9.17) is 0 Å². The maximum atomic E-state index is 14.1. The Bertz CT molecular complexity index is 1170. The summed E-state index contributed by atoms with van der Waals surface area (Å²) >= 11 is 0. The first kappa shape index (κ1) is 19.0. The average Bonchev–Trinajstić information content (AvgIpc) is 3.01. The number of nitrogens with zero attached hydrogens (tertiary/aromatic N) is 3. The SMILES string of the molecule is Fc1ccc(Cn2nc3c(C(F)(F)F)cccc3c2Cc2ccccn2)c(F)c1. The van der Waals surface area contributed by atoms with Crippen molar-refractivity contribution in [2.45, 2.75) is 19.1 Å². The standard InChI is InChI=1S/C21H14F5N3/c22-14-8-7-13(18(23)10-14)12-29-19(11-15-4-1-2-9-27-15)16-5-3-6-17(20(16)28-29)21(24,25)26/h1-10H,11-12H2. The van der Waals surface area contributed by atoms with Crippen molar-refractivity contribution in [1.82, 2.24) is 14.8 Å². The van der Waals surface area contributed by atoms with Gasteiger partial charge in [-0.3, -0.25) is 9.67 Å². The van der Waals surface area contributed by atoms with Crippen molar-refractivity contribution in [1.29, 1.82) is 0 Å². The number of benzene rings is 2. The van der Waals surface area contributed by atoms with E-state index in [9.17, 15) is 22.0 Å². The second-order valence-corrected chi connectivity index (χ2v) is 6.54. The van der Waals surface area contributed by atoms with Gasteiger partial charge in [-0.2, -0.15) is 18.3 Å². The van der Waals surface area contributed by atoms with Crippen LogP contribution in [-0.4, -0.2) is 14.8 Å². The lowest BCUT2D eigenvalue weighted by atomic mass is 10.1. The van der Waals surface area contributed by atoms with Gasteiger partial charge in [0, 0.05) is 35.3 Å². The number of rotatable bonds is 4. The highest BCUT2D eigenvalue weighted by Gasteiger charge is 2.34. The molecule has 0 unspecified atom stereocenters. The van der Waals surface area contributed by atoms with Gasteiger partial charge in [0.15, 0.2) is 0 Å². The molecule has 0 aliphatic carbocycles. The van der Waals surface area contributed by atoms with Gasteiger partial charge >= 0.3 is 6.18 Å². The summed E-state index contributed by atoms with van der Waals surface area (Å²) in [6, 6.07) is 12.2. The molecule has 0 saturated heterocycles. The van der Waals surface area contributed by atoms with Crippen LogP contribution in [0.3, 0.4) is 0 Å². The van der Waals surface area contributed by atoms with Gasteiger partial charge in [-0.1, -0.05) is 24.3 Å². The average molecular weight is 403 g/mol. The molecular formula is C21H14F5N3. The van der Waals surface area contributed by atoms with Gasteiger partial charge < -0.3 is 0 Å². The molecular weight excluding hydrogens is 389 g/mol. The Morgan fingerprint density at radius 1 is 0.931 bits per heavy atom. The predicted molar refractivity (Wildman–Crippen MR) is 97.2 cm³/mol. The minimum absolute atomic E-state index is 0.120. The monoisotopic (exact) mass is 403 g/mol. The molecule has 3 nitrogen and oxygen atoms in total. The lowest BCUT2D eigenvalue weighted by Gasteiger charge is -2.09. The van der Waals surface area contributed by atoms with Crippen LogP contribution in [0.5, 0.6) is 0 Å². The number of hydrogen-bond acceptors (Lipinski definition) is 2. The molecule has 0 radical (unpaired) electrons. The third kappa shape index (κ3) is 3.83. The van der Waals surface area contributed by atoms with Crippen molar-refractivity contribution >= 4 is 10.9 Å². The summed E-state index contributed by atoms with van der Waals surface area (Å²) in [6.45, 7) is -0.139. The van der Waals surface area contributed by atoms with E-state index in [1.807, 2.05) is 0 Å². The smallest absolute Gasteiger partial charge is 0.263 e. The quantitative estimate of drug-likeness (QED) is 0.429. The summed E-state index contributed by atoms with van der Waals surface area (Å²) in [7, 11) is 0. The Morgan fingerprint density at radius 2 is 1.76 bits per heavy atom. The van der Waals surface area contributed by atoms with Gasteiger partial charge in [0.05, 0.1) is 17.8 Å². The first-order valence-corrected chi connectivity index (χ1v) is 8.72. The molecule has 0 spiro atoms. The largest absolute Gasteiger partial charge is 0.418 e. The second kappa shape index (κ2) is 7.27. The fourth-order valence-corrected chi connectivity index (χ4v) is 3.24. The summed E-state index contributed by atoms with van der Waals surface area (Å²) in [5, 5.41) is 4.46. The first-order chi connectivity index (χ1) is 13.8. The molecule has 2 aromatic carbocycles. The van der Waals surface area contributed by atoms with Crippen LogP contribution >= 0.6 is 0 Å². The van der Waals surface area contributed by atoms with Crippen molar-refractivity contribution in [3.05, 3.63) is 94.9 Å². The molecule has 148 valence electrons. The van der Waals surface area contributed by atoms with Crippen LogP contribution in [0.4, 0.5) is 22.0 Å². The van der Waals surface area contributed by atoms with E-state index in [2.05, 4.69) is 10.1 Å². The van der Waals surface area contributed by atoms with Gasteiger partial charge in [0.25, 0.3) is 0 Å². The summed E-state index contributed by atoms with van der Waals surface area (Å²) in [4.78, 5) is 4.22. The minimum atomic E-state index is -4.58. The summed E-state index contributed by atoms with van der Waals surface area (Å²) < 4.78 is 69.1. The highest BCUT2D eigenvalue weighted by Crippen LogP contribution is 2.35. The molecule has 2 aromatic heterocycles. The number of alkyl halides is 3. The molecule has 4 aromatic rings. The molecule has 0 bridgehead atoms. The van der Waals surface area contributed by atoms with Crippen molar-refractivity contribution in [3.63, 3.8) is 0 Å². The van der Waals surface area contributed by atoms with Crippen molar-refractivity contribution in [3.8, 4) is 0 Å². The van der Waals surface area contributed by atoms with E-state index in [1.165, 1.54) is 16.8 Å². The minimum Gasteiger partial charge on any atom is -0.263 e. The fourth-order valence-electron chi connectivity index (χ4n) is 3.24. The number of pyridine rings is 1. The predicted octanol–water partition coefficient (Wildman–Crippen LogP) is 5.37. The highest BCUT2D eigenvalue weighted by molar-refractivity contribution is 5.85. The maximum Gasteiger partial charge on any atom is 0.418 e. The van der Waals surface area contributed by atoms with E-state index in [0.29, 0.717) is 16.8 Å². The lowest BCUT2D eigenvalue weighted by molar-refractivity contribution is -0.136. The van der Waals surface area contributed by atoms with Crippen LogP contribution in [0.1, 0.15) is 22.5 Å². The molecule has 0 saturated carbocycles. The van der Waals surface area contributed by atoms with E-state index < -0.39 is 23.4 Å². The summed E-state index contributed by atoms with van der Waals surface area (Å²) in [5.74, 6) is -1.52. The van der Waals surface area contributed by atoms with Crippen LogP contribution in [0.2, 0.25) is 0 Å². The van der Waals surface area contributed by atoms with Crippen LogP contribution in [-0.2, 0) is 19.1 Å². The molecule has 0 N–H and O–H groups in total. The van der Waals surface area contributed by atoms with Gasteiger partial charge in [-0.25, -0.2) is 8.78 Å². The number of aromatic nitrogens is 3. The molecule has 0 fully saturated rings. The second-order valence-electron chi connectivity index (χ2n) is 6.54. The number of fused-ring (bicyclic) bond motifs is 1. The van der Waals surface area contributed by atoms with Gasteiger partial charge in [-0.15, -0.1) is 0 Å². The van der Waals surface area contributed by atoms with Crippen molar-refractivity contribution in [2.75, 3.05) is 0 Å². The fraction of sp³-hybridized carbons (Fsp3) is 0.143. The Morgan fingerprint density at radius 3 is 2.45 bits per heavy atom. The third-order valence-electron chi connectivity index (χ3n) is 4.59. The Labute approximate surface area is 162 Å². The zero-order valence-corrected chi connectivity index (χ0v) is 14.9. The molecule has 8 heteroatoms. The van der Waals surface area contributed by atoms with E-state index in [1.54, 1.807) is 30.5 Å². The summed E-state index contributed by atoms with van der Waals surface area (Å²) in [5.41, 5.74) is 0.139. The zero-order chi connectivity index (χ0) is 20.6. The Balaban J connectivity index is 1.88. The highest BCUT2D eigenvalue weighted by atomic mass is 19.4. The normalized spacial score (nSPS) is 11.9. The van der Waals surface area contributed by atoms with Gasteiger partial charge in [-0.05, 0) is 24.3 Å². The molecule has 0 aliphatic rings. The maximum absolute atomic E-state index is 14.1. The Hall–Kier alpha value is -3.29. The lowest BCUT2D eigenvalue weighted by Crippen LogP contribution is -2.09. The third-order valence-corrected chi connectivity index (χ3v) is 4.59. The summed E-state index contributed by atoms with van der Waals surface area (Å²) in [6.07, 6.45) is -2.79. The molecule has 2 heterocycles. The van der Waals surface area contributed by atoms with E-state index >= 15 is 0 Å². The van der Waals surface area contributed by atoms with Gasteiger partial charge in [0.1, 0.15) is 17.2 Å². The van der Waals surface area contributed by atoms with Crippen LogP contribution < -0.4 is 0 Å². The van der Waals surface area contributed by atoms with E-state index in [-0.39, 0.29) is 24.0 Å².